The number of rotatable bonds is 7. The zero-order valence-electron chi connectivity index (χ0n) is 20.4. The number of fused-ring (bicyclic) bond motifs is 1. The van der Waals surface area contributed by atoms with E-state index >= 15 is 0 Å². The normalized spacial score (nSPS) is 12.3. The van der Waals surface area contributed by atoms with Gasteiger partial charge in [-0.1, -0.05) is 60.7 Å². The maximum Gasteiger partial charge on any atom is 0.338 e. The molecule has 37 heavy (non-hydrogen) atoms. The third-order valence-electron chi connectivity index (χ3n) is 6.29. The summed E-state index contributed by atoms with van der Waals surface area (Å²) in [5, 5.41) is 3.38. The highest BCUT2D eigenvalue weighted by molar-refractivity contribution is 6.38. The molecule has 7 nitrogen and oxygen atoms in total. The molecule has 1 aliphatic rings. The molecule has 0 aromatic heterocycles. The first-order valence-corrected chi connectivity index (χ1v) is 11.7. The van der Waals surface area contributed by atoms with E-state index in [1.807, 2.05) is 42.5 Å². The number of hydrogen-bond donors (Lipinski definition) is 1. The minimum absolute atomic E-state index is 0.0218. The molecule has 1 N–H and O–H groups in total. The Morgan fingerprint density at radius 2 is 1.43 bits per heavy atom. The molecule has 7 heteroatoms. The summed E-state index contributed by atoms with van der Waals surface area (Å²) in [7, 11) is 2.83. The second-order valence-corrected chi connectivity index (χ2v) is 8.44. The van der Waals surface area contributed by atoms with Crippen molar-refractivity contribution < 1.29 is 23.9 Å². The molecular formula is C30H24N2O5. The van der Waals surface area contributed by atoms with Crippen molar-refractivity contribution in [3.63, 3.8) is 0 Å². The molecule has 2 amide bonds. The fourth-order valence-electron chi connectivity index (χ4n) is 4.49. The van der Waals surface area contributed by atoms with Gasteiger partial charge in [0.05, 0.1) is 42.3 Å². The van der Waals surface area contributed by atoms with Gasteiger partial charge in [-0.05, 0) is 41.5 Å². The van der Waals surface area contributed by atoms with E-state index in [4.69, 9.17) is 9.47 Å². The highest BCUT2D eigenvalue weighted by Crippen LogP contribution is 2.42. The molecule has 4 aromatic carbocycles. The lowest BCUT2D eigenvalue weighted by molar-refractivity contribution is 0.0597. The largest absolute Gasteiger partial charge is 0.497 e. The Morgan fingerprint density at radius 3 is 2.05 bits per heavy atom. The molecule has 1 heterocycles. The Hall–Kier alpha value is -4.91. The minimum atomic E-state index is -0.698. The fourth-order valence-corrected chi connectivity index (χ4v) is 4.49. The van der Waals surface area contributed by atoms with Crippen LogP contribution in [0.3, 0.4) is 0 Å². The Morgan fingerprint density at radius 1 is 0.811 bits per heavy atom. The first-order chi connectivity index (χ1) is 18.0. The summed E-state index contributed by atoms with van der Waals surface area (Å²) in [5.74, 6) is -1.12. The topological polar surface area (TPSA) is 84.9 Å². The molecule has 0 atom stereocenters. The SMILES string of the molecule is COC(=O)c1cc(-c2ccc(OC)cc2)c(NCc2ccccc2)c2c1C(=O)N(c1ccccc1)C2=O. The summed E-state index contributed by atoms with van der Waals surface area (Å²) >= 11 is 0. The summed E-state index contributed by atoms with van der Waals surface area (Å²) < 4.78 is 10.3. The minimum Gasteiger partial charge on any atom is -0.497 e. The van der Waals surface area contributed by atoms with Crippen LogP contribution in [0, 0.1) is 0 Å². The number of nitrogens with one attached hydrogen (secondary N) is 1. The van der Waals surface area contributed by atoms with Crippen LogP contribution < -0.4 is 15.0 Å². The van der Waals surface area contributed by atoms with Crippen molar-refractivity contribution in [3.05, 3.63) is 113 Å². The number of para-hydroxylation sites is 1. The molecule has 184 valence electrons. The molecule has 5 rings (SSSR count). The third-order valence-corrected chi connectivity index (χ3v) is 6.29. The molecule has 0 saturated carbocycles. The molecule has 0 radical (unpaired) electrons. The number of carbonyl (C=O) groups is 3. The van der Waals surface area contributed by atoms with Gasteiger partial charge >= 0.3 is 5.97 Å². The predicted molar refractivity (Wildman–Crippen MR) is 141 cm³/mol. The van der Waals surface area contributed by atoms with Crippen molar-refractivity contribution in [2.75, 3.05) is 24.4 Å². The molecule has 1 aliphatic heterocycles. The lowest BCUT2D eigenvalue weighted by Crippen LogP contribution is -2.29. The van der Waals surface area contributed by atoms with Crippen LogP contribution in [0.15, 0.2) is 91.0 Å². The van der Waals surface area contributed by atoms with Crippen LogP contribution in [0.1, 0.15) is 36.6 Å². The van der Waals surface area contributed by atoms with Crippen LogP contribution in [0.5, 0.6) is 5.75 Å². The fraction of sp³-hybridized carbons (Fsp3) is 0.100. The molecule has 0 spiro atoms. The lowest BCUT2D eigenvalue weighted by atomic mass is 9.92. The van der Waals surface area contributed by atoms with Crippen molar-refractivity contribution in [2.45, 2.75) is 6.54 Å². The van der Waals surface area contributed by atoms with E-state index in [-0.39, 0.29) is 16.7 Å². The number of esters is 1. The quantitative estimate of drug-likeness (QED) is 0.269. The van der Waals surface area contributed by atoms with E-state index in [9.17, 15) is 14.4 Å². The van der Waals surface area contributed by atoms with Crippen LogP contribution in [0.4, 0.5) is 11.4 Å². The van der Waals surface area contributed by atoms with Gasteiger partial charge in [0.1, 0.15) is 5.75 Å². The number of imide groups is 1. The second-order valence-electron chi connectivity index (χ2n) is 8.44. The van der Waals surface area contributed by atoms with Gasteiger partial charge in [-0.2, -0.15) is 0 Å². The highest BCUT2D eigenvalue weighted by atomic mass is 16.5. The van der Waals surface area contributed by atoms with Gasteiger partial charge in [0, 0.05) is 12.1 Å². The standard InChI is InChI=1S/C30H24N2O5/c1-36-22-15-13-20(14-16-22)23-17-24(30(35)37-2)25-26(27(23)31-18-19-9-5-3-6-10-19)29(34)32(28(25)33)21-11-7-4-8-12-21/h3-17,31H,18H2,1-2H3. The highest BCUT2D eigenvalue weighted by Gasteiger charge is 2.43. The van der Waals surface area contributed by atoms with Gasteiger partial charge in [0.25, 0.3) is 11.8 Å². The van der Waals surface area contributed by atoms with Gasteiger partial charge in [-0.3, -0.25) is 9.59 Å². The molecule has 0 aliphatic carbocycles. The molecule has 0 bridgehead atoms. The third kappa shape index (κ3) is 4.31. The van der Waals surface area contributed by atoms with Crippen LogP contribution in [0.2, 0.25) is 0 Å². The van der Waals surface area contributed by atoms with E-state index in [1.54, 1.807) is 55.6 Å². The van der Waals surface area contributed by atoms with Gasteiger partial charge in [0.2, 0.25) is 0 Å². The molecular weight excluding hydrogens is 468 g/mol. The maximum atomic E-state index is 13.9. The number of ether oxygens (including phenoxy) is 2. The van der Waals surface area contributed by atoms with E-state index in [2.05, 4.69) is 5.32 Å². The number of benzene rings is 4. The van der Waals surface area contributed by atoms with E-state index in [0.29, 0.717) is 29.2 Å². The Labute approximate surface area is 214 Å². The average molecular weight is 493 g/mol. The molecule has 0 unspecified atom stereocenters. The van der Waals surface area contributed by atoms with Gasteiger partial charge < -0.3 is 14.8 Å². The van der Waals surface area contributed by atoms with E-state index < -0.39 is 17.8 Å². The van der Waals surface area contributed by atoms with Gasteiger partial charge in [-0.15, -0.1) is 0 Å². The zero-order chi connectivity index (χ0) is 25.9. The van der Waals surface area contributed by atoms with Gasteiger partial charge in [-0.25, -0.2) is 9.69 Å². The van der Waals surface area contributed by atoms with Crippen molar-refractivity contribution in [1.82, 2.24) is 0 Å². The van der Waals surface area contributed by atoms with Crippen LogP contribution in [-0.2, 0) is 11.3 Å². The number of carbonyl (C=O) groups excluding carboxylic acids is 3. The number of amides is 2. The number of nitrogens with zero attached hydrogens (tertiary/aromatic N) is 1. The first-order valence-electron chi connectivity index (χ1n) is 11.7. The lowest BCUT2D eigenvalue weighted by Gasteiger charge is -2.18. The molecule has 0 fully saturated rings. The molecule has 0 saturated heterocycles. The summed E-state index contributed by atoms with van der Waals surface area (Å²) in [5.41, 5.74) is 3.40. The Kier molecular flexibility index (Phi) is 6.43. The van der Waals surface area contributed by atoms with Crippen molar-refractivity contribution in [1.29, 1.82) is 0 Å². The van der Waals surface area contributed by atoms with E-state index in [1.165, 1.54) is 7.11 Å². The van der Waals surface area contributed by atoms with Crippen molar-refractivity contribution in [3.8, 4) is 16.9 Å². The van der Waals surface area contributed by atoms with Crippen molar-refractivity contribution in [2.24, 2.45) is 0 Å². The first kappa shape index (κ1) is 23.8. The van der Waals surface area contributed by atoms with Crippen LogP contribution in [-0.4, -0.2) is 32.0 Å². The van der Waals surface area contributed by atoms with Crippen molar-refractivity contribution >= 4 is 29.2 Å². The summed E-state index contributed by atoms with van der Waals surface area (Å²) in [6.07, 6.45) is 0. The van der Waals surface area contributed by atoms with E-state index in [0.717, 1.165) is 16.0 Å². The number of methoxy groups -OCH3 is 2. The predicted octanol–water partition coefficient (Wildman–Crippen LogP) is 5.56. The maximum absolute atomic E-state index is 13.9. The number of anilines is 2. The zero-order valence-corrected chi connectivity index (χ0v) is 20.4. The summed E-state index contributed by atoms with van der Waals surface area (Å²) in [4.78, 5) is 41.5. The summed E-state index contributed by atoms with van der Waals surface area (Å²) in [6, 6.07) is 27.3. The monoisotopic (exact) mass is 492 g/mol. The second kappa shape index (κ2) is 9.99. The molecule has 4 aromatic rings. The number of hydrogen-bond acceptors (Lipinski definition) is 6. The Bertz CT molecular complexity index is 1480. The van der Waals surface area contributed by atoms with Gasteiger partial charge in [0.15, 0.2) is 0 Å². The Balaban J connectivity index is 1.74. The van der Waals surface area contributed by atoms with Crippen LogP contribution >= 0.6 is 0 Å². The average Bonchev–Trinajstić information content (AvgIpc) is 3.22. The van der Waals surface area contributed by atoms with Crippen LogP contribution in [0.25, 0.3) is 11.1 Å². The summed E-state index contributed by atoms with van der Waals surface area (Å²) in [6.45, 7) is 0.404. The smallest absolute Gasteiger partial charge is 0.338 e.